The molecular weight excluding hydrogens is 306 g/mol. The number of hydrogen-bond acceptors (Lipinski definition) is 7. The van der Waals surface area contributed by atoms with Gasteiger partial charge in [0, 0.05) is 20.3 Å². The summed E-state index contributed by atoms with van der Waals surface area (Å²) in [4.78, 5) is 22.7. The van der Waals surface area contributed by atoms with Crippen molar-refractivity contribution in [2.45, 2.75) is 76.7 Å². The monoisotopic (exact) mass is 329 g/mol. The maximum atomic E-state index is 11.5. The number of ether oxygens (including phenoxy) is 5. The fourth-order valence-electron chi connectivity index (χ4n) is 3.44. The molecule has 0 bridgehead atoms. The van der Waals surface area contributed by atoms with Gasteiger partial charge in [0.25, 0.3) is 0 Å². The lowest BCUT2D eigenvalue weighted by atomic mass is 10.00. The average molecular weight is 329 g/mol. The van der Waals surface area contributed by atoms with Crippen LogP contribution in [0, 0.1) is 0 Å². The number of rotatable bonds is 2. The molecule has 6 atom stereocenters. The molecule has 0 aromatic carbocycles. The van der Waals surface area contributed by atoms with E-state index in [9.17, 15) is 9.59 Å². The Balaban J connectivity index is 1.78. The van der Waals surface area contributed by atoms with E-state index in [0.29, 0.717) is 6.42 Å². The van der Waals surface area contributed by atoms with Crippen LogP contribution in [0.3, 0.4) is 0 Å². The molecule has 130 valence electrons. The minimum atomic E-state index is -0.741. The lowest BCUT2D eigenvalue weighted by Gasteiger charge is -2.28. The molecule has 3 heterocycles. The van der Waals surface area contributed by atoms with Gasteiger partial charge in [0.15, 0.2) is 12.1 Å². The minimum absolute atomic E-state index is 0.181. The van der Waals surface area contributed by atoms with E-state index < -0.39 is 24.3 Å². The number of carbonyl (C=O) groups is 2. The summed E-state index contributed by atoms with van der Waals surface area (Å²) in [5.41, 5.74) is 0. The van der Waals surface area contributed by atoms with Crippen LogP contribution in [-0.4, -0.2) is 61.0 Å². The number of esters is 1. The summed E-state index contributed by atoms with van der Waals surface area (Å²) in [5, 5.41) is 2.86. The van der Waals surface area contributed by atoms with Gasteiger partial charge in [-0.15, -0.1) is 0 Å². The molecule has 3 aliphatic heterocycles. The summed E-state index contributed by atoms with van der Waals surface area (Å²) in [6, 6.07) is -0.342. The quantitative estimate of drug-likeness (QED) is 0.718. The molecule has 0 saturated carbocycles. The van der Waals surface area contributed by atoms with Crippen molar-refractivity contribution in [2.24, 2.45) is 0 Å². The first kappa shape index (κ1) is 16.6. The van der Waals surface area contributed by atoms with E-state index in [2.05, 4.69) is 5.32 Å². The summed E-state index contributed by atoms with van der Waals surface area (Å²) in [6.45, 7) is 6.64. The summed E-state index contributed by atoms with van der Waals surface area (Å²) in [5.74, 6) is -1.30. The third kappa shape index (κ3) is 3.50. The largest absolute Gasteiger partial charge is 0.460 e. The van der Waals surface area contributed by atoms with Gasteiger partial charge in [-0.05, 0) is 13.8 Å². The molecule has 3 saturated heterocycles. The van der Waals surface area contributed by atoms with Gasteiger partial charge in [-0.3, -0.25) is 9.59 Å². The van der Waals surface area contributed by atoms with Crippen molar-refractivity contribution in [1.82, 2.24) is 5.32 Å². The molecular formula is C15H23NO7. The van der Waals surface area contributed by atoms with Crippen LogP contribution in [0.5, 0.6) is 0 Å². The maximum Gasteiger partial charge on any atom is 0.302 e. The Morgan fingerprint density at radius 1 is 1.13 bits per heavy atom. The van der Waals surface area contributed by atoms with Crippen molar-refractivity contribution in [3.8, 4) is 0 Å². The van der Waals surface area contributed by atoms with Gasteiger partial charge < -0.3 is 29.0 Å². The van der Waals surface area contributed by atoms with E-state index >= 15 is 0 Å². The molecule has 0 radical (unpaired) electrons. The first-order valence-corrected chi connectivity index (χ1v) is 7.82. The van der Waals surface area contributed by atoms with Crippen molar-refractivity contribution < 1.29 is 33.3 Å². The first-order chi connectivity index (χ1) is 10.7. The Bertz CT molecular complexity index is 494. The SMILES string of the molecule is CC(=O)N[C@H]1C[C@@H](OC(C)=O)CO[C@@H]2[C@H]3OC(C)(C)O[C@H]3O[C@@H]21. The minimum Gasteiger partial charge on any atom is -0.460 e. The number of carbonyl (C=O) groups excluding carboxylic acids is 2. The van der Waals surface area contributed by atoms with Crippen LogP contribution < -0.4 is 5.32 Å². The van der Waals surface area contributed by atoms with Crippen LogP contribution in [0.25, 0.3) is 0 Å². The van der Waals surface area contributed by atoms with E-state index in [1.54, 1.807) is 0 Å². The molecule has 1 N–H and O–H groups in total. The van der Waals surface area contributed by atoms with Crippen molar-refractivity contribution in [1.29, 1.82) is 0 Å². The zero-order chi connectivity index (χ0) is 16.8. The predicted octanol–water partition coefficient (Wildman–Crippen LogP) is 0.0881. The molecule has 0 unspecified atom stereocenters. The smallest absolute Gasteiger partial charge is 0.302 e. The lowest BCUT2D eigenvalue weighted by Crippen LogP contribution is -2.49. The lowest BCUT2D eigenvalue weighted by molar-refractivity contribution is -0.219. The zero-order valence-electron chi connectivity index (χ0n) is 13.7. The molecule has 0 spiro atoms. The van der Waals surface area contributed by atoms with Gasteiger partial charge in [-0.25, -0.2) is 0 Å². The highest BCUT2D eigenvalue weighted by Gasteiger charge is 2.58. The standard InChI is InChI=1S/C15H23NO7/c1-7(17)16-10-5-9(20-8(2)18)6-19-12-11(10)21-14-13(12)22-15(3,4)23-14/h9-14H,5-6H2,1-4H3,(H,16,17)/t9-,10+,11-,12+,13-,14-/m1/s1. The average Bonchev–Trinajstić information content (AvgIpc) is 2.80. The van der Waals surface area contributed by atoms with Crippen molar-refractivity contribution >= 4 is 11.9 Å². The van der Waals surface area contributed by atoms with Crippen molar-refractivity contribution in [3.05, 3.63) is 0 Å². The van der Waals surface area contributed by atoms with Crippen LogP contribution in [0.4, 0.5) is 0 Å². The van der Waals surface area contributed by atoms with Crippen LogP contribution in [0.2, 0.25) is 0 Å². The second-order valence-corrected chi connectivity index (χ2v) is 6.64. The Kier molecular flexibility index (Phi) is 4.35. The third-order valence-electron chi connectivity index (χ3n) is 4.14. The predicted molar refractivity (Wildman–Crippen MR) is 76.2 cm³/mol. The highest BCUT2D eigenvalue weighted by atomic mass is 16.8. The van der Waals surface area contributed by atoms with Gasteiger partial charge in [0.2, 0.25) is 5.91 Å². The topological polar surface area (TPSA) is 92.3 Å². The summed E-state index contributed by atoms with van der Waals surface area (Å²) >= 11 is 0. The van der Waals surface area contributed by atoms with Crippen LogP contribution in [0.1, 0.15) is 34.1 Å². The molecule has 1 amide bonds. The molecule has 0 aromatic rings. The second-order valence-electron chi connectivity index (χ2n) is 6.64. The highest BCUT2D eigenvalue weighted by Crippen LogP contribution is 2.41. The maximum absolute atomic E-state index is 11.5. The van der Waals surface area contributed by atoms with E-state index in [0.717, 1.165) is 0 Å². The van der Waals surface area contributed by atoms with Gasteiger partial charge in [-0.1, -0.05) is 0 Å². The Hall–Kier alpha value is -1.22. The van der Waals surface area contributed by atoms with E-state index in [-0.39, 0.29) is 36.7 Å². The van der Waals surface area contributed by atoms with Gasteiger partial charge in [-0.2, -0.15) is 0 Å². The van der Waals surface area contributed by atoms with Gasteiger partial charge >= 0.3 is 5.97 Å². The first-order valence-electron chi connectivity index (χ1n) is 7.82. The van der Waals surface area contributed by atoms with E-state index in [4.69, 9.17) is 23.7 Å². The Morgan fingerprint density at radius 3 is 2.52 bits per heavy atom. The summed E-state index contributed by atoms with van der Waals surface area (Å²) in [7, 11) is 0. The highest BCUT2D eigenvalue weighted by molar-refractivity contribution is 5.73. The number of fused-ring (bicyclic) bond motifs is 3. The summed E-state index contributed by atoms with van der Waals surface area (Å²) < 4.78 is 28.7. The Labute approximate surface area is 134 Å². The van der Waals surface area contributed by atoms with Gasteiger partial charge in [0.05, 0.1) is 12.6 Å². The molecule has 0 aromatic heterocycles. The normalized spacial score (nSPS) is 41.6. The van der Waals surface area contributed by atoms with E-state index in [1.165, 1.54) is 13.8 Å². The number of hydrogen-bond donors (Lipinski definition) is 1. The number of amides is 1. The Morgan fingerprint density at radius 2 is 1.87 bits per heavy atom. The molecule has 3 aliphatic rings. The van der Waals surface area contributed by atoms with Crippen molar-refractivity contribution in [3.63, 3.8) is 0 Å². The fourth-order valence-corrected chi connectivity index (χ4v) is 3.44. The second kappa shape index (κ2) is 6.01. The number of nitrogens with one attached hydrogen (secondary N) is 1. The molecule has 0 aliphatic carbocycles. The molecule has 8 nitrogen and oxygen atoms in total. The molecule has 8 heteroatoms. The summed E-state index contributed by atoms with van der Waals surface area (Å²) in [6.07, 6.45) is -1.72. The van der Waals surface area contributed by atoms with Crippen LogP contribution in [0.15, 0.2) is 0 Å². The zero-order valence-corrected chi connectivity index (χ0v) is 13.7. The van der Waals surface area contributed by atoms with Crippen LogP contribution >= 0.6 is 0 Å². The fraction of sp³-hybridized carbons (Fsp3) is 0.867. The molecule has 3 rings (SSSR count). The molecule has 23 heavy (non-hydrogen) atoms. The van der Waals surface area contributed by atoms with Crippen LogP contribution in [-0.2, 0) is 33.3 Å². The van der Waals surface area contributed by atoms with Crippen molar-refractivity contribution in [2.75, 3.05) is 6.61 Å². The van der Waals surface area contributed by atoms with Gasteiger partial charge in [0.1, 0.15) is 24.4 Å². The molecule has 3 fully saturated rings. The van der Waals surface area contributed by atoms with E-state index in [1.807, 2.05) is 13.8 Å². The third-order valence-corrected chi connectivity index (χ3v) is 4.14.